The van der Waals surface area contributed by atoms with Crippen molar-refractivity contribution in [2.75, 3.05) is 20.7 Å². The number of halogens is 1. The van der Waals surface area contributed by atoms with Gasteiger partial charge in [0.2, 0.25) is 0 Å². The first kappa shape index (κ1) is 28.3. The maximum absolute atomic E-state index is 15.0. The Morgan fingerprint density at radius 3 is 2.53 bits per heavy atom. The largest absolute Gasteiger partial charge is 0.360 e. The van der Waals surface area contributed by atoms with Crippen LogP contribution in [0, 0.1) is 12.7 Å². The Morgan fingerprint density at radius 1 is 1.08 bits per heavy atom. The molecule has 0 N–H and O–H groups in total. The van der Waals surface area contributed by atoms with Crippen molar-refractivity contribution in [1.82, 2.24) is 19.1 Å². The third kappa shape index (κ3) is 6.46. The van der Waals surface area contributed by atoms with Crippen LogP contribution in [-0.4, -0.2) is 56.3 Å². The Labute approximate surface area is 229 Å². The normalized spacial score (nSPS) is 12.4. The van der Waals surface area contributed by atoms with E-state index in [2.05, 4.69) is 24.6 Å². The molecule has 0 unspecified atom stereocenters. The Bertz CT molecular complexity index is 1540. The predicted octanol–water partition coefficient (Wildman–Crippen LogP) is 6.35. The summed E-state index contributed by atoms with van der Waals surface area (Å²) in [5, 5.41) is 4.78. The van der Waals surface area contributed by atoms with E-state index in [0.717, 1.165) is 38.5 Å². The molecule has 11 heteroatoms. The first-order chi connectivity index (χ1) is 17.8. The highest BCUT2D eigenvalue weighted by Gasteiger charge is 2.22. The number of hydrogen-bond acceptors (Lipinski definition) is 6. The van der Waals surface area contributed by atoms with Gasteiger partial charge in [-0.25, -0.2) is 21.8 Å². The minimum atomic E-state index is -3.61. The highest BCUT2D eigenvalue weighted by Crippen LogP contribution is 2.37. The summed E-state index contributed by atoms with van der Waals surface area (Å²) in [7, 11) is -1.87. The van der Waals surface area contributed by atoms with Crippen LogP contribution in [-0.2, 0) is 21.5 Å². The molecule has 0 saturated carbocycles. The summed E-state index contributed by atoms with van der Waals surface area (Å²) in [6, 6.07) is 14.8. The van der Waals surface area contributed by atoms with Gasteiger partial charge in [-0.05, 0) is 54.9 Å². The summed E-state index contributed by atoms with van der Waals surface area (Å²) < 4.78 is 49.1. The van der Waals surface area contributed by atoms with Gasteiger partial charge in [0.15, 0.2) is 0 Å². The molecule has 0 saturated heterocycles. The first-order valence-electron chi connectivity index (χ1n) is 12.3. The molecule has 7 nitrogen and oxygen atoms in total. The van der Waals surface area contributed by atoms with Gasteiger partial charge < -0.3 is 4.74 Å². The molecule has 0 radical (unpaired) electrons. The van der Waals surface area contributed by atoms with Crippen LogP contribution in [0.15, 0.2) is 58.9 Å². The number of pyridine rings is 1. The molecule has 202 valence electrons. The average Bonchev–Trinajstić information content (AvgIpc) is 3.50. The Morgan fingerprint density at radius 2 is 1.84 bits per heavy atom. The van der Waals surface area contributed by atoms with Crippen LogP contribution in [0.4, 0.5) is 4.39 Å². The fourth-order valence-corrected chi connectivity index (χ4v) is 7.01. The van der Waals surface area contributed by atoms with Gasteiger partial charge in [-0.3, -0.25) is 4.98 Å². The van der Waals surface area contributed by atoms with Crippen LogP contribution >= 0.6 is 11.3 Å². The summed E-state index contributed by atoms with van der Waals surface area (Å²) in [4.78, 5) is 5.19. The van der Waals surface area contributed by atoms with Crippen molar-refractivity contribution in [3.63, 3.8) is 0 Å². The number of aromatic nitrogens is 3. The lowest BCUT2D eigenvalue weighted by Crippen LogP contribution is -2.22. The number of benzene rings is 1. The minimum absolute atomic E-state index is 0.162. The van der Waals surface area contributed by atoms with E-state index in [1.165, 1.54) is 26.2 Å². The highest BCUT2D eigenvalue weighted by atomic mass is 32.2. The fourth-order valence-electron chi connectivity index (χ4n) is 3.76. The van der Waals surface area contributed by atoms with Crippen LogP contribution in [0.5, 0.6) is 0 Å². The van der Waals surface area contributed by atoms with Crippen molar-refractivity contribution in [3.05, 3.63) is 66.2 Å². The van der Waals surface area contributed by atoms with Gasteiger partial charge >= 0.3 is 0 Å². The molecule has 0 aliphatic rings. The van der Waals surface area contributed by atoms with Gasteiger partial charge in [-0.1, -0.05) is 31.8 Å². The molecule has 3 aromatic heterocycles. The lowest BCUT2D eigenvalue weighted by molar-refractivity contribution is 0.0787. The lowest BCUT2D eigenvalue weighted by Gasteiger charge is -2.15. The Balaban J connectivity index is 1.73. The van der Waals surface area contributed by atoms with Crippen LogP contribution < -0.4 is 0 Å². The third-order valence-electron chi connectivity index (χ3n) is 5.97. The molecule has 1 aromatic carbocycles. The number of aryl methyl sites for hydroxylation is 1. The third-order valence-corrected chi connectivity index (χ3v) is 11.1. The van der Waals surface area contributed by atoms with Gasteiger partial charge in [0, 0.05) is 56.7 Å². The SMILES string of the molecule is Cc1cccc(-c2nn(COCC[Si](C)(C)C)cc2-c2ccc(F)c(-c3ccc(S(=O)(=O)N(C)C)s3)c2)n1. The smallest absolute Gasteiger partial charge is 0.252 e. The van der Waals surface area contributed by atoms with Gasteiger partial charge in [0.25, 0.3) is 10.0 Å². The summed E-state index contributed by atoms with van der Waals surface area (Å²) in [6.07, 6.45) is 1.89. The second-order valence-corrected chi connectivity index (χ2v) is 19.6. The van der Waals surface area contributed by atoms with E-state index in [9.17, 15) is 8.42 Å². The van der Waals surface area contributed by atoms with Crippen molar-refractivity contribution < 1.29 is 17.5 Å². The van der Waals surface area contributed by atoms with Crippen molar-refractivity contribution in [1.29, 1.82) is 0 Å². The number of rotatable bonds is 10. The van der Waals surface area contributed by atoms with Gasteiger partial charge in [-0.2, -0.15) is 5.10 Å². The van der Waals surface area contributed by atoms with E-state index in [1.807, 2.05) is 31.3 Å². The number of thiophene rings is 1. The lowest BCUT2D eigenvalue weighted by atomic mass is 10.0. The molecule has 0 aliphatic carbocycles. The molecule has 38 heavy (non-hydrogen) atoms. The number of ether oxygens (including phenoxy) is 1. The molecular formula is C27H33FN4O3S2Si. The van der Waals surface area contributed by atoms with Crippen LogP contribution in [0.3, 0.4) is 0 Å². The zero-order chi connectivity index (χ0) is 27.7. The first-order valence-corrected chi connectivity index (χ1v) is 18.2. The van der Waals surface area contributed by atoms with E-state index >= 15 is 4.39 Å². The highest BCUT2D eigenvalue weighted by molar-refractivity contribution is 7.91. The second-order valence-electron chi connectivity index (χ2n) is 10.5. The summed E-state index contributed by atoms with van der Waals surface area (Å²) >= 11 is 1.04. The molecule has 0 fully saturated rings. The maximum atomic E-state index is 15.0. The van der Waals surface area contributed by atoms with Gasteiger partial charge in [0.05, 0.1) is 5.69 Å². The van der Waals surface area contributed by atoms with Crippen molar-refractivity contribution in [2.45, 2.75) is 43.5 Å². The van der Waals surface area contributed by atoms with Crippen LogP contribution in [0.25, 0.3) is 33.0 Å². The van der Waals surface area contributed by atoms with E-state index in [1.54, 1.807) is 22.9 Å². The van der Waals surface area contributed by atoms with Crippen molar-refractivity contribution >= 4 is 29.4 Å². The fraction of sp³-hybridized carbons (Fsp3) is 0.333. The molecule has 3 heterocycles. The van der Waals surface area contributed by atoms with Crippen molar-refractivity contribution in [2.24, 2.45) is 0 Å². The van der Waals surface area contributed by atoms with E-state index < -0.39 is 23.9 Å². The summed E-state index contributed by atoms with van der Waals surface area (Å²) in [6.45, 7) is 9.81. The van der Waals surface area contributed by atoms with E-state index in [4.69, 9.17) is 9.84 Å². The quantitative estimate of drug-likeness (QED) is 0.163. The molecule has 4 rings (SSSR count). The maximum Gasteiger partial charge on any atom is 0.252 e. The molecule has 0 atom stereocenters. The zero-order valence-corrected chi connectivity index (χ0v) is 25.2. The van der Waals surface area contributed by atoms with Gasteiger partial charge in [-0.15, -0.1) is 11.3 Å². The molecule has 0 amide bonds. The minimum Gasteiger partial charge on any atom is -0.360 e. The van der Waals surface area contributed by atoms with E-state index in [-0.39, 0.29) is 4.21 Å². The molecule has 0 aliphatic heterocycles. The number of sulfonamides is 1. The molecule has 4 aromatic rings. The Kier molecular flexibility index (Phi) is 8.34. The monoisotopic (exact) mass is 572 g/mol. The number of hydrogen-bond donors (Lipinski definition) is 0. The molecule has 0 bridgehead atoms. The molecule has 0 spiro atoms. The van der Waals surface area contributed by atoms with Crippen LogP contribution in [0.2, 0.25) is 25.7 Å². The average molecular weight is 573 g/mol. The zero-order valence-electron chi connectivity index (χ0n) is 22.5. The Hall–Kier alpha value is -2.70. The predicted molar refractivity (Wildman–Crippen MR) is 154 cm³/mol. The topological polar surface area (TPSA) is 77.3 Å². The molecular weight excluding hydrogens is 540 g/mol. The second kappa shape index (κ2) is 11.2. The van der Waals surface area contributed by atoms with E-state index in [0.29, 0.717) is 35.2 Å². The number of nitrogens with zero attached hydrogens (tertiary/aromatic N) is 4. The summed E-state index contributed by atoms with van der Waals surface area (Å²) in [5.74, 6) is -0.429. The van der Waals surface area contributed by atoms with Gasteiger partial charge in [0.1, 0.15) is 22.5 Å². The standard InChI is InChI=1S/C27H33FN4O3S2Si/c1-19-8-7-9-24(29-19)27-22(17-32(30-27)18-35-14-15-38(4,5)6)20-10-11-23(28)21(16-20)25-12-13-26(36-25)37(33,34)31(2)3/h7-13,16-17H,14-15,18H2,1-6H3. The van der Waals surface area contributed by atoms with Crippen LogP contribution in [0.1, 0.15) is 5.69 Å². The van der Waals surface area contributed by atoms with Crippen molar-refractivity contribution in [3.8, 4) is 33.0 Å². The summed E-state index contributed by atoms with van der Waals surface area (Å²) in [5.41, 5.74) is 4.11.